The monoisotopic (exact) mass is 471 g/mol. The number of esters is 1. The van der Waals surface area contributed by atoms with Gasteiger partial charge in [-0.05, 0) is 76.6 Å². The molecule has 0 spiro atoms. The van der Waals surface area contributed by atoms with Crippen LogP contribution >= 0.6 is 0 Å². The SMILES string of the molecule is CCOC(=O)C=Cc1ccc(N(C(=O)OC(C)(C)C)[C@@H]2CCN(CC3CCCCCC3)C2)nc1. The molecule has 1 aromatic rings. The van der Waals surface area contributed by atoms with Gasteiger partial charge < -0.3 is 14.4 Å². The second-order valence-electron chi connectivity index (χ2n) is 10.4. The third-order valence-electron chi connectivity index (χ3n) is 6.41. The van der Waals surface area contributed by atoms with Crippen LogP contribution in [0.3, 0.4) is 0 Å². The zero-order valence-corrected chi connectivity index (χ0v) is 21.3. The number of carbonyl (C=O) groups excluding carboxylic acids is 2. The molecule has 1 aliphatic heterocycles. The van der Waals surface area contributed by atoms with Crippen molar-refractivity contribution in [3.8, 4) is 0 Å². The van der Waals surface area contributed by atoms with Gasteiger partial charge in [0.25, 0.3) is 0 Å². The molecule has 1 saturated heterocycles. The number of amides is 1. The Labute approximate surface area is 204 Å². The van der Waals surface area contributed by atoms with Gasteiger partial charge in [0.1, 0.15) is 11.4 Å². The van der Waals surface area contributed by atoms with Gasteiger partial charge in [-0.15, -0.1) is 0 Å². The summed E-state index contributed by atoms with van der Waals surface area (Å²) in [5, 5.41) is 0. The Bertz CT molecular complexity index is 823. The lowest BCUT2D eigenvalue weighted by Crippen LogP contribution is -2.45. The molecule has 7 heteroatoms. The van der Waals surface area contributed by atoms with Crippen molar-refractivity contribution in [1.82, 2.24) is 9.88 Å². The van der Waals surface area contributed by atoms with Crippen LogP contribution in [0.1, 0.15) is 78.2 Å². The number of ether oxygens (including phenoxy) is 2. The molecule has 34 heavy (non-hydrogen) atoms. The molecular weight excluding hydrogens is 430 g/mol. The van der Waals surface area contributed by atoms with E-state index in [-0.39, 0.29) is 18.1 Å². The van der Waals surface area contributed by atoms with Crippen LogP contribution in [0.5, 0.6) is 0 Å². The Kier molecular flexibility index (Phi) is 9.51. The van der Waals surface area contributed by atoms with Gasteiger partial charge in [0.05, 0.1) is 12.6 Å². The summed E-state index contributed by atoms with van der Waals surface area (Å²) in [5.41, 5.74) is 0.179. The predicted octanol–water partition coefficient (Wildman–Crippen LogP) is 5.44. The Morgan fingerprint density at radius 1 is 1.15 bits per heavy atom. The average Bonchev–Trinajstić information content (AvgIpc) is 3.06. The molecule has 1 aromatic heterocycles. The van der Waals surface area contributed by atoms with Gasteiger partial charge in [-0.25, -0.2) is 14.6 Å². The molecule has 2 aliphatic rings. The summed E-state index contributed by atoms with van der Waals surface area (Å²) in [6, 6.07) is 3.70. The van der Waals surface area contributed by atoms with E-state index in [1.807, 2.05) is 32.9 Å². The first kappa shape index (κ1) is 26.2. The molecule has 7 nitrogen and oxygen atoms in total. The summed E-state index contributed by atoms with van der Waals surface area (Å²) in [7, 11) is 0. The van der Waals surface area contributed by atoms with Gasteiger partial charge in [0.2, 0.25) is 0 Å². The molecule has 2 fully saturated rings. The minimum Gasteiger partial charge on any atom is -0.463 e. The van der Waals surface area contributed by atoms with Crippen LogP contribution in [0.2, 0.25) is 0 Å². The van der Waals surface area contributed by atoms with Gasteiger partial charge in [-0.2, -0.15) is 0 Å². The fourth-order valence-electron chi connectivity index (χ4n) is 4.83. The van der Waals surface area contributed by atoms with E-state index in [1.165, 1.54) is 44.6 Å². The minimum atomic E-state index is -0.587. The van der Waals surface area contributed by atoms with E-state index in [0.29, 0.717) is 12.4 Å². The zero-order valence-electron chi connectivity index (χ0n) is 21.3. The van der Waals surface area contributed by atoms with Gasteiger partial charge in [0.15, 0.2) is 0 Å². The Balaban J connectivity index is 1.71. The summed E-state index contributed by atoms with van der Waals surface area (Å²) < 4.78 is 10.7. The molecule has 1 aliphatic carbocycles. The highest BCUT2D eigenvalue weighted by molar-refractivity contribution is 5.88. The number of hydrogen-bond donors (Lipinski definition) is 0. The van der Waals surface area contributed by atoms with Crippen LogP contribution in [-0.2, 0) is 14.3 Å². The number of hydrogen-bond acceptors (Lipinski definition) is 6. The molecule has 0 unspecified atom stereocenters. The van der Waals surface area contributed by atoms with Crippen molar-refractivity contribution in [2.75, 3.05) is 31.1 Å². The topological polar surface area (TPSA) is 72.0 Å². The largest absolute Gasteiger partial charge is 0.463 e. The molecule has 1 atom stereocenters. The fourth-order valence-corrected chi connectivity index (χ4v) is 4.83. The standard InChI is InChI=1S/C27H41N3O4/c1-5-33-25(31)15-13-21-12-14-24(28-18-21)30(26(32)34-27(2,3)4)23-16-17-29(20-23)19-22-10-8-6-7-9-11-22/h12-15,18,22-23H,5-11,16-17,19-20H2,1-4H3/t23-/m1/s1. The lowest BCUT2D eigenvalue weighted by atomic mass is 10.00. The maximum Gasteiger partial charge on any atom is 0.416 e. The molecule has 2 heterocycles. The molecule has 0 aromatic carbocycles. The van der Waals surface area contributed by atoms with E-state index < -0.39 is 5.60 Å². The Morgan fingerprint density at radius 3 is 2.50 bits per heavy atom. The molecule has 0 N–H and O–H groups in total. The Hall–Kier alpha value is -2.41. The second-order valence-corrected chi connectivity index (χ2v) is 10.4. The molecule has 1 amide bonds. The van der Waals surface area contributed by atoms with Gasteiger partial charge in [-0.1, -0.05) is 25.7 Å². The molecule has 188 valence electrons. The molecule has 3 rings (SSSR count). The maximum atomic E-state index is 13.2. The lowest BCUT2D eigenvalue weighted by Gasteiger charge is -2.31. The summed E-state index contributed by atoms with van der Waals surface area (Å²) in [4.78, 5) is 33.6. The van der Waals surface area contributed by atoms with Gasteiger partial charge >= 0.3 is 12.1 Å². The van der Waals surface area contributed by atoms with Crippen molar-refractivity contribution in [2.45, 2.75) is 84.3 Å². The lowest BCUT2D eigenvalue weighted by molar-refractivity contribution is -0.137. The predicted molar refractivity (Wildman–Crippen MR) is 135 cm³/mol. The van der Waals surface area contributed by atoms with Gasteiger partial charge in [0, 0.05) is 31.9 Å². The highest BCUT2D eigenvalue weighted by Crippen LogP contribution is 2.28. The van der Waals surface area contributed by atoms with Crippen molar-refractivity contribution in [2.24, 2.45) is 5.92 Å². The summed E-state index contributed by atoms with van der Waals surface area (Å²) in [6.45, 7) is 10.7. The van der Waals surface area contributed by atoms with E-state index in [1.54, 1.807) is 24.1 Å². The number of likely N-dealkylation sites (tertiary alicyclic amines) is 1. The zero-order chi connectivity index (χ0) is 24.6. The second kappa shape index (κ2) is 12.3. The highest BCUT2D eigenvalue weighted by Gasteiger charge is 2.35. The summed E-state index contributed by atoms with van der Waals surface area (Å²) in [5.74, 6) is 0.949. The van der Waals surface area contributed by atoms with E-state index in [2.05, 4.69) is 9.88 Å². The first-order chi connectivity index (χ1) is 16.2. The number of nitrogens with zero attached hydrogens (tertiary/aromatic N) is 3. The maximum absolute atomic E-state index is 13.2. The number of carbonyl (C=O) groups is 2. The first-order valence-electron chi connectivity index (χ1n) is 12.8. The number of anilines is 1. The van der Waals surface area contributed by atoms with Crippen LogP contribution in [0.15, 0.2) is 24.4 Å². The third-order valence-corrected chi connectivity index (χ3v) is 6.41. The summed E-state index contributed by atoms with van der Waals surface area (Å²) >= 11 is 0. The molecular formula is C27H41N3O4. The third kappa shape index (κ3) is 8.12. The van der Waals surface area contributed by atoms with Crippen LogP contribution in [-0.4, -0.2) is 59.8 Å². The highest BCUT2D eigenvalue weighted by atomic mass is 16.6. The molecule has 1 saturated carbocycles. The van der Waals surface area contributed by atoms with Crippen molar-refractivity contribution in [3.05, 3.63) is 30.0 Å². The van der Waals surface area contributed by atoms with Crippen LogP contribution in [0, 0.1) is 5.92 Å². The van der Waals surface area contributed by atoms with Crippen molar-refractivity contribution >= 4 is 24.0 Å². The quantitative estimate of drug-likeness (QED) is 0.299. The van der Waals surface area contributed by atoms with E-state index in [0.717, 1.165) is 37.5 Å². The van der Waals surface area contributed by atoms with E-state index in [4.69, 9.17) is 9.47 Å². The minimum absolute atomic E-state index is 0.0223. The van der Waals surface area contributed by atoms with Crippen molar-refractivity contribution in [3.63, 3.8) is 0 Å². The van der Waals surface area contributed by atoms with Crippen molar-refractivity contribution in [1.29, 1.82) is 0 Å². The number of aromatic nitrogens is 1. The van der Waals surface area contributed by atoms with Crippen molar-refractivity contribution < 1.29 is 19.1 Å². The summed E-state index contributed by atoms with van der Waals surface area (Å²) in [6.07, 6.45) is 13.3. The van der Waals surface area contributed by atoms with Crippen LogP contribution < -0.4 is 4.90 Å². The molecule has 0 bridgehead atoms. The van der Waals surface area contributed by atoms with Gasteiger partial charge in [-0.3, -0.25) is 4.90 Å². The first-order valence-corrected chi connectivity index (χ1v) is 12.8. The Morgan fingerprint density at radius 2 is 1.88 bits per heavy atom. The van der Waals surface area contributed by atoms with E-state index in [9.17, 15) is 9.59 Å². The van der Waals surface area contributed by atoms with Crippen LogP contribution in [0.25, 0.3) is 6.08 Å². The number of pyridine rings is 1. The fraction of sp³-hybridized carbons (Fsp3) is 0.667. The van der Waals surface area contributed by atoms with Crippen LogP contribution in [0.4, 0.5) is 10.6 Å². The van der Waals surface area contributed by atoms with E-state index >= 15 is 0 Å². The normalized spacial score (nSPS) is 20.3. The number of rotatable bonds is 7. The molecule has 0 radical (unpaired) electrons. The average molecular weight is 472 g/mol. The smallest absolute Gasteiger partial charge is 0.416 e.